The van der Waals surface area contributed by atoms with E-state index in [1.165, 1.54) is 11.1 Å². The minimum atomic E-state index is -0.220. The predicted octanol–water partition coefficient (Wildman–Crippen LogP) is 3.36. The molecule has 0 atom stereocenters. The highest BCUT2D eigenvalue weighted by Gasteiger charge is 2.38. The molecule has 18 heavy (non-hydrogen) atoms. The first-order valence-corrected chi connectivity index (χ1v) is 6.17. The van der Waals surface area contributed by atoms with Crippen LogP contribution in [0.3, 0.4) is 0 Å². The molecule has 3 rings (SSSR count). The lowest BCUT2D eigenvalue weighted by atomic mass is 9.84. The summed E-state index contributed by atoms with van der Waals surface area (Å²) in [5.74, 6) is 0. The van der Waals surface area contributed by atoms with E-state index in [1.807, 2.05) is 0 Å². The first kappa shape index (κ1) is 13.6. The molecule has 0 spiro atoms. The van der Waals surface area contributed by atoms with Crippen molar-refractivity contribution < 1.29 is 4.74 Å². The first-order valence-electron chi connectivity index (χ1n) is 6.17. The molecule has 0 amide bonds. The van der Waals surface area contributed by atoms with Crippen molar-refractivity contribution in [3.63, 3.8) is 0 Å². The summed E-state index contributed by atoms with van der Waals surface area (Å²) in [6.45, 7) is 0.851. The molecule has 0 unspecified atom stereocenters. The molecule has 1 nitrogen and oxygen atoms in total. The third-order valence-corrected chi connectivity index (χ3v) is 3.50. The quantitative estimate of drug-likeness (QED) is 0.741. The Kier molecular flexibility index (Phi) is 4.43. The highest BCUT2D eigenvalue weighted by Crippen LogP contribution is 2.41. The van der Waals surface area contributed by atoms with E-state index in [0.29, 0.717) is 0 Å². The molecule has 0 aliphatic carbocycles. The molecule has 2 heteroatoms. The lowest BCUT2D eigenvalue weighted by Crippen LogP contribution is -2.26. The lowest BCUT2D eigenvalue weighted by molar-refractivity contribution is 0.0360. The Labute approximate surface area is 124 Å². The Bertz CT molecular complexity index is 433. The predicted molar refractivity (Wildman–Crippen MR) is 74.6 cm³/mol. The molecular formula is C16H16MgO. The summed E-state index contributed by atoms with van der Waals surface area (Å²) in [6, 6.07) is 21.1. The Hall–Kier alpha value is -0.834. The highest BCUT2D eigenvalue weighted by molar-refractivity contribution is 5.75. The monoisotopic (exact) mass is 248 g/mol. The van der Waals surface area contributed by atoms with Crippen molar-refractivity contribution in [2.75, 3.05) is 6.61 Å². The molecule has 88 valence electrons. The number of hydrogen-bond donors (Lipinski definition) is 0. The molecule has 0 aromatic heterocycles. The van der Waals surface area contributed by atoms with Crippen molar-refractivity contribution in [2.45, 2.75) is 18.4 Å². The van der Waals surface area contributed by atoms with Crippen LogP contribution in [0, 0.1) is 0 Å². The van der Waals surface area contributed by atoms with Gasteiger partial charge in [-0.2, -0.15) is 0 Å². The summed E-state index contributed by atoms with van der Waals surface area (Å²) in [5.41, 5.74) is 2.31. The minimum absolute atomic E-state index is 0. The Morgan fingerprint density at radius 2 is 1.28 bits per heavy atom. The third kappa shape index (κ3) is 2.33. The van der Waals surface area contributed by atoms with Crippen molar-refractivity contribution >= 4 is 23.1 Å². The molecule has 1 heterocycles. The van der Waals surface area contributed by atoms with Gasteiger partial charge in [0, 0.05) is 29.7 Å². The van der Waals surface area contributed by atoms with Crippen LogP contribution in [-0.4, -0.2) is 29.7 Å². The Morgan fingerprint density at radius 1 is 0.778 bits per heavy atom. The van der Waals surface area contributed by atoms with E-state index < -0.39 is 0 Å². The smallest absolute Gasteiger partial charge is 0.118 e. The number of hydrogen-bond acceptors (Lipinski definition) is 1. The van der Waals surface area contributed by atoms with Crippen LogP contribution in [0.25, 0.3) is 0 Å². The van der Waals surface area contributed by atoms with Crippen molar-refractivity contribution in [2.24, 2.45) is 0 Å². The van der Waals surface area contributed by atoms with Gasteiger partial charge in [0.15, 0.2) is 0 Å². The molecule has 1 fully saturated rings. The highest BCUT2D eigenvalue weighted by atomic mass is 24.3. The fourth-order valence-corrected chi connectivity index (χ4v) is 2.68. The van der Waals surface area contributed by atoms with Gasteiger partial charge in [-0.25, -0.2) is 0 Å². The fourth-order valence-electron chi connectivity index (χ4n) is 2.68. The number of ether oxygens (including phenoxy) is 1. The maximum Gasteiger partial charge on any atom is 0.118 e. The van der Waals surface area contributed by atoms with Crippen molar-refractivity contribution in [1.29, 1.82) is 0 Å². The van der Waals surface area contributed by atoms with Gasteiger partial charge in [-0.1, -0.05) is 60.7 Å². The van der Waals surface area contributed by atoms with Gasteiger partial charge < -0.3 is 4.74 Å². The van der Waals surface area contributed by atoms with Crippen LogP contribution in [0.2, 0.25) is 0 Å². The SMILES string of the molecule is [Mg].c1ccc(C2(c3ccccc3)CCCO2)cc1. The second kappa shape index (κ2) is 5.87. The topological polar surface area (TPSA) is 9.23 Å². The van der Waals surface area contributed by atoms with E-state index in [0.717, 1.165) is 19.4 Å². The molecule has 2 radical (unpaired) electrons. The van der Waals surface area contributed by atoms with Crippen LogP contribution in [-0.2, 0) is 10.3 Å². The normalized spacial score (nSPS) is 17.1. The van der Waals surface area contributed by atoms with E-state index in [4.69, 9.17) is 4.74 Å². The van der Waals surface area contributed by atoms with Crippen LogP contribution < -0.4 is 0 Å². The van der Waals surface area contributed by atoms with E-state index in [9.17, 15) is 0 Å². The van der Waals surface area contributed by atoms with Crippen LogP contribution >= 0.6 is 0 Å². The summed E-state index contributed by atoms with van der Waals surface area (Å²) in [7, 11) is 0. The zero-order valence-corrected chi connectivity index (χ0v) is 11.9. The van der Waals surface area contributed by atoms with Crippen molar-refractivity contribution in [3.05, 3.63) is 71.8 Å². The molecule has 1 aliphatic rings. The molecule has 0 N–H and O–H groups in total. The largest absolute Gasteiger partial charge is 0.366 e. The van der Waals surface area contributed by atoms with Crippen LogP contribution in [0.4, 0.5) is 0 Å². The van der Waals surface area contributed by atoms with E-state index in [1.54, 1.807) is 0 Å². The second-order valence-corrected chi connectivity index (χ2v) is 4.51. The zero-order chi connectivity index (χ0) is 11.6. The van der Waals surface area contributed by atoms with Gasteiger partial charge in [0.05, 0.1) is 0 Å². The number of benzene rings is 2. The van der Waals surface area contributed by atoms with Gasteiger partial charge in [-0.15, -0.1) is 0 Å². The molecule has 1 saturated heterocycles. The van der Waals surface area contributed by atoms with E-state index in [2.05, 4.69) is 60.7 Å². The average Bonchev–Trinajstić information content (AvgIpc) is 2.91. The lowest BCUT2D eigenvalue weighted by Gasteiger charge is -2.29. The maximum atomic E-state index is 6.11. The molecule has 2 aromatic carbocycles. The second-order valence-electron chi connectivity index (χ2n) is 4.51. The van der Waals surface area contributed by atoms with Crippen LogP contribution in [0.5, 0.6) is 0 Å². The van der Waals surface area contributed by atoms with E-state index in [-0.39, 0.29) is 28.7 Å². The summed E-state index contributed by atoms with van der Waals surface area (Å²) in [4.78, 5) is 0. The van der Waals surface area contributed by atoms with Crippen LogP contribution in [0.15, 0.2) is 60.7 Å². The average molecular weight is 249 g/mol. The van der Waals surface area contributed by atoms with Gasteiger partial charge >= 0.3 is 0 Å². The molecule has 1 aliphatic heterocycles. The molecule has 0 saturated carbocycles. The Balaban J connectivity index is 0.00000120. The summed E-state index contributed by atoms with van der Waals surface area (Å²) in [5, 5.41) is 0. The summed E-state index contributed by atoms with van der Waals surface area (Å²) < 4.78 is 6.11. The minimum Gasteiger partial charge on any atom is -0.366 e. The zero-order valence-electron chi connectivity index (χ0n) is 10.5. The van der Waals surface area contributed by atoms with Gasteiger partial charge in [0.2, 0.25) is 0 Å². The first-order chi connectivity index (χ1) is 8.42. The maximum absolute atomic E-state index is 6.11. The van der Waals surface area contributed by atoms with Crippen LogP contribution in [0.1, 0.15) is 24.0 Å². The summed E-state index contributed by atoms with van der Waals surface area (Å²) >= 11 is 0. The molecule has 2 aromatic rings. The van der Waals surface area contributed by atoms with E-state index >= 15 is 0 Å². The van der Waals surface area contributed by atoms with Gasteiger partial charge in [0.25, 0.3) is 0 Å². The van der Waals surface area contributed by atoms with Gasteiger partial charge in [-0.3, -0.25) is 0 Å². The van der Waals surface area contributed by atoms with Crippen molar-refractivity contribution in [1.82, 2.24) is 0 Å². The molecule has 0 bridgehead atoms. The third-order valence-electron chi connectivity index (χ3n) is 3.50. The number of rotatable bonds is 2. The Morgan fingerprint density at radius 3 is 1.67 bits per heavy atom. The summed E-state index contributed by atoms with van der Waals surface area (Å²) in [6.07, 6.45) is 2.20. The van der Waals surface area contributed by atoms with Gasteiger partial charge in [-0.05, 0) is 24.0 Å². The molecular weight excluding hydrogens is 232 g/mol. The van der Waals surface area contributed by atoms with Gasteiger partial charge in [0.1, 0.15) is 5.60 Å². The fraction of sp³-hybridized carbons (Fsp3) is 0.250. The van der Waals surface area contributed by atoms with Crippen molar-refractivity contribution in [3.8, 4) is 0 Å². The standard InChI is InChI=1S/C16H16O.Mg/c1-3-8-14(9-4-1)16(12-7-13-17-16)15-10-5-2-6-11-15;/h1-6,8-11H,7,12-13H2;.